The lowest BCUT2D eigenvalue weighted by molar-refractivity contribution is 0.0996. The van der Waals surface area contributed by atoms with E-state index in [9.17, 15) is 9.18 Å². The molecule has 0 unspecified atom stereocenters. The van der Waals surface area contributed by atoms with Crippen LogP contribution in [0, 0.1) is 5.82 Å². The number of furan rings is 1. The molecular weight excluding hydrogens is 237 g/mol. The Hall–Kier alpha value is -2.63. The fourth-order valence-electron chi connectivity index (χ4n) is 1.70. The molecule has 0 aliphatic carbocycles. The topological polar surface area (TPSA) is 70.9 Å². The van der Waals surface area contributed by atoms with E-state index in [2.05, 4.69) is 15.5 Å². The van der Waals surface area contributed by atoms with Gasteiger partial charge >= 0.3 is 0 Å². The minimum Gasteiger partial charge on any atom is -0.459 e. The maximum atomic E-state index is 13.6. The Labute approximate surface area is 101 Å². The third-order valence-electron chi connectivity index (χ3n) is 2.52. The number of amides is 1. The van der Waals surface area contributed by atoms with Crippen LogP contribution in [0.25, 0.3) is 10.9 Å². The van der Waals surface area contributed by atoms with E-state index in [-0.39, 0.29) is 17.0 Å². The van der Waals surface area contributed by atoms with Crippen molar-refractivity contribution in [3.05, 3.63) is 48.2 Å². The Bertz CT molecular complexity index is 703. The van der Waals surface area contributed by atoms with Gasteiger partial charge in [0.2, 0.25) is 0 Å². The Balaban J connectivity index is 1.98. The molecule has 2 heterocycles. The van der Waals surface area contributed by atoms with Crippen LogP contribution in [0.1, 0.15) is 10.6 Å². The quantitative estimate of drug-likeness (QED) is 0.728. The first-order valence-electron chi connectivity index (χ1n) is 5.23. The van der Waals surface area contributed by atoms with E-state index >= 15 is 0 Å². The predicted molar refractivity (Wildman–Crippen MR) is 62.7 cm³/mol. The molecule has 3 rings (SSSR count). The Kier molecular flexibility index (Phi) is 2.33. The minimum atomic E-state index is -0.475. The molecule has 0 atom stereocenters. The lowest BCUT2D eigenvalue weighted by Crippen LogP contribution is -2.11. The number of H-pyrrole nitrogens is 1. The smallest absolute Gasteiger partial charge is 0.292 e. The molecule has 0 aliphatic rings. The zero-order valence-electron chi connectivity index (χ0n) is 9.11. The van der Waals surface area contributed by atoms with Gasteiger partial charge in [0.1, 0.15) is 5.82 Å². The number of hydrogen-bond acceptors (Lipinski definition) is 3. The number of aromatic nitrogens is 2. The summed E-state index contributed by atoms with van der Waals surface area (Å²) in [6, 6.07) is 7.65. The van der Waals surface area contributed by atoms with Crippen LogP contribution < -0.4 is 5.32 Å². The Morgan fingerprint density at radius 3 is 3.00 bits per heavy atom. The molecule has 5 nitrogen and oxygen atoms in total. The highest BCUT2D eigenvalue weighted by atomic mass is 19.1. The van der Waals surface area contributed by atoms with Gasteiger partial charge in [0.25, 0.3) is 5.91 Å². The first-order valence-corrected chi connectivity index (χ1v) is 5.23. The van der Waals surface area contributed by atoms with E-state index in [1.165, 1.54) is 18.4 Å². The van der Waals surface area contributed by atoms with Crippen molar-refractivity contribution in [2.24, 2.45) is 0 Å². The van der Waals surface area contributed by atoms with Crippen LogP contribution in [0.4, 0.5) is 10.2 Å². The molecule has 90 valence electrons. The van der Waals surface area contributed by atoms with Gasteiger partial charge in [-0.3, -0.25) is 9.89 Å². The van der Waals surface area contributed by atoms with Crippen LogP contribution in [-0.4, -0.2) is 16.1 Å². The molecule has 0 fully saturated rings. The van der Waals surface area contributed by atoms with Gasteiger partial charge < -0.3 is 9.73 Å². The number of carbonyl (C=O) groups is 1. The van der Waals surface area contributed by atoms with E-state index in [0.717, 1.165) is 0 Å². The molecule has 6 heteroatoms. The van der Waals surface area contributed by atoms with E-state index in [1.807, 2.05) is 0 Å². The lowest BCUT2D eigenvalue weighted by atomic mass is 10.2. The predicted octanol–water partition coefficient (Wildman–Crippen LogP) is 2.55. The molecule has 18 heavy (non-hydrogen) atoms. The molecule has 0 spiro atoms. The molecule has 0 bridgehead atoms. The molecule has 0 radical (unpaired) electrons. The zero-order chi connectivity index (χ0) is 12.5. The van der Waals surface area contributed by atoms with Crippen LogP contribution >= 0.6 is 0 Å². The van der Waals surface area contributed by atoms with Gasteiger partial charge in [0, 0.05) is 0 Å². The standard InChI is InChI=1S/C12H8FN3O2/c13-7-3-1-4-8-10(7)11(16-15-8)14-12(17)9-5-2-6-18-9/h1-6H,(H2,14,15,16,17). The van der Waals surface area contributed by atoms with Crippen molar-refractivity contribution in [1.82, 2.24) is 10.2 Å². The summed E-state index contributed by atoms with van der Waals surface area (Å²) in [4.78, 5) is 11.7. The fourth-order valence-corrected chi connectivity index (χ4v) is 1.70. The molecule has 3 aromatic rings. The van der Waals surface area contributed by atoms with Crippen LogP contribution in [0.3, 0.4) is 0 Å². The summed E-state index contributed by atoms with van der Waals surface area (Å²) in [5.41, 5.74) is 0.518. The summed E-state index contributed by atoms with van der Waals surface area (Å²) in [5, 5.41) is 9.25. The Morgan fingerprint density at radius 1 is 1.33 bits per heavy atom. The molecule has 2 N–H and O–H groups in total. The number of benzene rings is 1. The zero-order valence-corrected chi connectivity index (χ0v) is 9.11. The van der Waals surface area contributed by atoms with Gasteiger partial charge in [-0.05, 0) is 24.3 Å². The van der Waals surface area contributed by atoms with Gasteiger partial charge in [-0.2, -0.15) is 5.10 Å². The van der Waals surface area contributed by atoms with Crippen LogP contribution in [0.5, 0.6) is 0 Å². The SMILES string of the molecule is O=C(Nc1n[nH]c2cccc(F)c12)c1ccco1. The second-order valence-electron chi connectivity index (χ2n) is 3.67. The van der Waals surface area contributed by atoms with E-state index in [4.69, 9.17) is 4.42 Å². The second kappa shape index (κ2) is 3.99. The highest BCUT2D eigenvalue weighted by molar-refractivity contribution is 6.06. The summed E-state index contributed by atoms with van der Waals surface area (Å²) in [7, 11) is 0. The molecule has 2 aromatic heterocycles. The van der Waals surface area contributed by atoms with Crippen molar-refractivity contribution in [2.45, 2.75) is 0 Å². The third kappa shape index (κ3) is 1.64. The maximum Gasteiger partial charge on any atom is 0.292 e. The average molecular weight is 245 g/mol. The summed E-state index contributed by atoms with van der Waals surface area (Å²) >= 11 is 0. The number of rotatable bonds is 2. The minimum absolute atomic E-state index is 0.141. The van der Waals surface area contributed by atoms with Crippen molar-refractivity contribution in [1.29, 1.82) is 0 Å². The van der Waals surface area contributed by atoms with Gasteiger partial charge in [0.15, 0.2) is 11.6 Å². The largest absolute Gasteiger partial charge is 0.459 e. The molecule has 0 saturated carbocycles. The monoisotopic (exact) mass is 245 g/mol. The van der Waals surface area contributed by atoms with Crippen molar-refractivity contribution < 1.29 is 13.6 Å². The van der Waals surface area contributed by atoms with Crippen LogP contribution in [-0.2, 0) is 0 Å². The van der Waals surface area contributed by atoms with Crippen molar-refractivity contribution in [2.75, 3.05) is 5.32 Å². The molecular formula is C12H8FN3O2. The summed E-state index contributed by atoms with van der Waals surface area (Å²) in [6.45, 7) is 0. The number of fused-ring (bicyclic) bond motifs is 1. The van der Waals surface area contributed by atoms with Crippen molar-refractivity contribution in [3.63, 3.8) is 0 Å². The van der Waals surface area contributed by atoms with Crippen LogP contribution in [0.2, 0.25) is 0 Å². The summed E-state index contributed by atoms with van der Waals surface area (Å²) in [5.74, 6) is -0.639. The first kappa shape index (κ1) is 10.5. The maximum absolute atomic E-state index is 13.6. The summed E-state index contributed by atoms with van der Waals surface area (Å²) in [6.07, 6.45) is 1.39. The van der Waals surface area contributed by atoms with Gasteiger partial charge in [-0.15, -0.1) is 0 Å². The number of hydrogen-bond donors (Lipinski definition) is 2. The van der Waals surface area contributed by atoms with Gasteiger partial charge in [-0.1, -0.05) is 6.07 Å². The summed E-state index contributed by atoms with van der Waals surface area (Å²) < 4.78 is 18.6. The van der Waals surface area contributed by atoms with E-state index in [1.54, 1.807) is 18.2 Å². The van der Waals surface area contributed by atoms with E-state index < -0.39 is 11.7 Å². The number of anilines is 1. The second-order valence-corrected chi connectivity index (χ2v) is 3.67. The van der Waals surface area contributed by atoms with Gasteiger partial charge in [-0.25, -0.2) is 4.39 Å². The Morgan fingerprint density at radius 2 is 2.22 bits per heavy atom. The first-order chi connectivity index (χ1) is 8.75. The van der Waals surface area contributed by atoms with Crippen molar-refractivity contribution in [3.8, 4) is 0 Å². The lowest BCUT2D eigenvalue weighted by Gasteiger charge is -1.99. The normalized spacial score (nSPS) is 10.7. The van der Waals surface area contributed by atoms with Crippen LogP contribution in [0.15, 0.2) is 41.0 Å². The number of carbonyl (C=O) groups excluding carboxylic acids is 1. The van der Waals surface area contributed by atoms with E-state index in [0.29, 0.717) is 5.52 Å². The molecule has 1 amide bonds. The van der Waals surface area contributed by atoms with Gasteiger partial charge in [0.05, 0.1) is 17.2 Å². The number of nitrogens with one attached hydrogen (secondary N) is 2. The highest BCUT2D eigenvalue weighted by Gasteiger charge is 2.15. The average Bonchev–Trinajstić information content (AvgIpc) is 2.99. The molecule has 1 aromatic carbocycles. The highest BCUT2D eigenvalue weighted by Crippen LogP contribution is 2.23. The molecule has 0 saturated heterocycles. The third-order valence-corrected chi connectivity index (χ3v) is 2.52. The van der Waals surface area contributed by atoms with Crippen molar-refractivity contribution >= 4 is 22.6 Å². The number of nitrogens with zero attached hydrogens (tertiary/aromatic N) is 1. The number of halogens is 1. The number of aromatic amines is 1. The fraction of sp³-hybridized carbons (Fsp3) is 0. The molecule has 0 aliphatic heterocycles.